The van der Waals surface area contributed by atoms with E-state index < -0.39 is 0 Å². The van der Waals surface area contributed by atoms with Gasteiger partial charge in [-0.2, -0.15) is 0 Å². The zero-order chi connectivity index (χ0) is 11.4. The fourth-order valence-electron chi connectivity index (χ4n) is 2.08. The molecule has 0 aromatic rings. The summed E-state index contributed by atoms with van der Waals surface area (Å²) in [6.07, 6.45) is 5.69. The molecule has 1 aliphatic rings. The summed E-state index contributed by atoms with van der Waals surface area (Å²) in [5.41, 5.74) is 1.25. The molecule has 1 rings (SSSR count). The molecule has 14 heavy (non-hydrogen) atoms. The zero-order valence-corrected chi connectivity index (χ0v) is 11.4. The Hall–Kier alpha value is 0. The van der Waals surface area contributed by atoms with E-state index in [1.165, 1.54) is 25.7 Å². The topological polar surface area (TPSA) is 0 Å². The van der Waals surface area contributed by atoms with Gasteiger partial charge >= 0.3 is 0 Å². The second-order valence-corrected chi connectivity index (χ2v) is 5.97. The van der Waals surface area contributed by atoms with Crippen LogP contribution in [0.25, 0.3) is 0 Å². The van der Waals surface area contributed by atoms with Crippen molar-refractivity contribution in [2.24, 2.45) is 16.7 Å². The molecule has 0 aromatic heterocycles. The van der Waals surface area contributed by atoms with Gasteiger partial charge in [-0.3, -0.25) is 0 Å². The summed E-state index contributed by atoms with van der Waals surface area (Å²) in [7, 11) is 0. The molecule has 0 aromatic carbocycles. The lowest BCUT2D eigenvalue weighted by Crippen LogP contribution is -2.32. The zero-order valence-electron chi connectivity index (χ0n) is 11.4. The smallest absolute Gasteiger partial charge is 0.0302 e. The van der Waals surface area contributed by atoms with Gasteiger partial charge in [0, 0.05) is 0 Å². The summed E-state index contributed by atoms with van der Waals surface area (Å²) in [6, 6.07) is 0. The van der Waals surface area contributed by atoms with E-state index in [9.17, 15) is 0 Å². The van der Waals surface area contributed by atoms with Crippen LogP contribution in [0, 0.1) is 16.7 Å². The average Bonchev–Trinajstić information content (AvgIpc) is 2.14. The Morgan fingerprint density at radius 2 is 1.14 bits per heavy atom. The van der Waals surface area contributed by atoms with Crippen molar-refractivity contribution >= 4 is 0 Å². The van der Waals surface area contributed by atoms with Gasteiger partial charge in [0.25, 0.3) is 0 Å². The molecule has 0 unspecified atom stereocenters. The average molecular weight is 198 g/mol. The second-order valence-electron chi connectivity index (χ2n) is 5.97. The van der Waals surface area contributed by atoms with Crippen molar-refractivity contribution in [2.45, 2.75) is 74.1 Å². The fraction of sp³-hybridized carbons (Fsp3) is 1.00. The molecule has 0 aliphatic heterocycles. The molecule has 1 fully saturated rings. The van der Waals surface area contributed by atoms with Crippen LogP contribution in [0.2, 0.25) is 0 Å². The van der Waals surface area contributed by atoms with Crippen LogP contribution >= 0.6 is 0 Å². The summed E-state index contributed by atoms with van der Waals surface area (Å²) in [4.78, 5) is 0. The Balaban J connectivity index is 0.000000791. The van der Waals surface area contributed by atoms with Gasteiger partial charge < -0.3 is 0 Å². The van der Waals surface area contributed by atoms with Crippen molar-refractivity contribution in [1.29, 1.82) is 0 Å². The predicted molar refractivity (Wildman–Crippen MR) is 66.5 cm³/mol. The van der Waals surface area contributed by atoms with Crippen LogP contribution in [0.1, 0.15) is 74.1 Å². The van der Waals surface area contributed by atoms with Gasteiger partial charge in [-0.05, 0) is 42.4 Å². The maximum absolute atomic E-state index is 2.47. The van der Waals surface area contributed by atoms with E-state index in [1.54, 1.807) is 0 Å². The standard InChI is InChI=1S/C12H24.C2H6/c1-10(2)12(5)8-6-11(3,4)7-9-12;1-2/h10H,6-9H2,1-5H3;1-2H3. The van der Waals surface area contributed by atoms with Crippen LogP contribution < -0.4 is 0 Å². The molecule has 0 heteroatoms. The molecule has 0 bridgehead atoms. The summed E-state index contributed by atoms with van der Waals surface area (Å²) < 4.78 is 0. The quantitative estimate of drug-likeness (QED) is 0.538. The molecule has 1 saturated carbocycles. The van der Waals surface area contributed by atoms with Gasteiger partial charge in [-0.15, -0.1) is 0 Å². The van der Waals surface area contributed by atoms with Gasteiger partial charge in [-0.25, -0.2) is 0 Å². The normalized spacial score (nSPS) is 24.0. The summed E-state index contributed by atoms with van der Waals surface area (Å²) in [5.74, 6) is 0.855. The maximum Gasteiger partial charge on any atom is -0.0302 e. The Morgan fingerprint density at radius 1 is 0.786 bits per heavy atom. The minimum Gasteiger partial charge on any atom is -0.0683 e. The number of hydrogen-bond donors (Lipinski definition) is 0. The predicted octanol–water partition coefficient (Wildman–Crippen LogP) is 5.28. The van der Waals surface area contributed by atoms with Crippen molar-refractivity contribution in [3.8, 4) is 0 Å². The van der Waals surface area contributed by atoms with Crippen LogP contribution in [0.4, 0.5) is 0 Å². The molecular weight excluding hydrogens is 168 g/mol. The van der Waals surface area contributed by atoms with E-state index >= 15 is 0 Å². The fourth-order valence-corrected chi connectivity index (χ4v) is 2.08. The third-order valence-corrected chi connectivity index (χ3v) is 4.14. The largest absolute Gasteiger partial charge is 0.0683 e. The third-order valence-electron chi connectivity index (χ3n) is 4.14. The van der Waals surface area contributed by atoms with Crippen LogP contribution in [0.15, 0.2) is 0 Å². The lowest BCUT2D eigenvalue weighted by atomic mass is 9.62. The molecule has 1 aliphatic carbocycles. The Labute approximate surface area is 91.5 Å². The highest BCUT2D eigenvalue weighted by atomic mass is 14.4. The first-order valence-corrected chi connectivity index (χ1v) is 6.36. The molecule has 86 valence electrons. The number of hydrogen-bond acceptors (Lipinski definition) is 0. The molecule has 0 radical (unpaired) electrons. The van der Waals surface area contributed by atoms with Gasteiger partial charge in [0.15, 0.2) is 0 Å². The molecule has 0 spiro atoms. The molecule has 0 heterocycles. The maximum atomic E-state index is 2.47. The summed E-state index contributed by atoms with van der Waals surface area (Å²) >= 11 is 0. The minimum atomic E-state index is 0.619. The minimum absolute atomic E-state index is 0.619. The van der Waals surface area contributed by atoms with Crippen molar-refractivity contribution in [3.05, 3.63) is 0 Å². The van der Waals surface area contributed by atoms with Crippen LogP contribution in [0.3, 0.4) is 0 Å². The van der Waals surface area contributed by atoms with Crippen molar-refractivity contribution in [3.63, 3.8) is 0 Å². The van der Waals surface area contributed by atoms with E-state index in [0.717, 1.165) is 5.92 Å². The molecule has 0 N–H and O–H groups in total. The summed E-state index contributed by atoms with van der Waals surface area (Å²) in [6.45, 7) is 16.0. The van der Waals surface area contributed by atoms with E-state index in [1.807, 2.05) is 13.8 Å². The van der Waals surface area contributed by atoms with Crippen LogP contribution in [0.5, 0.6) is 0 Å². The molecule has 0 amide bonds. The lowest BCUT2D eigenvalue weighted by molar-refractivity contribution is 0.0750. The highest BCUT2D eigenvalue weighted by molar-refractivity contribution is 4.87. The second kappa shape index (κ2) is 5.19. The lowest BCUT2D eigenvalue weighted by Gasteiger charge is -2.44. The first kappa shape index (κ1) is 14.0. The van der Waals surface area contributed by atoms with Crippen molar-refractivity contribution in [2.75, 3.05) is 0 Å². The van der Waals surface area contributed by atoms with E-state index in [-0.39, 0.29) is 0 Å². The Kier molecular flexibility index (Phi) is 5.19. The molecule has 0 atom stereocenters. The van der Waals surface area contributed by atoms with Crippen LogP contribution in [-0.4, -0.2) is 0 Å². The highest BCUT2D eigenvalue weighted by Crippen LogP contribution is 2.48. The van der Waals surface area contributed by atoms with Crippen LogP contribution in [-0.2, 0) is 0 Å². The van der Waals surface area contributed by atoms with E-state index in [4.69, 9.17) is 0 Å². The highest BCUT2D eigenvalue weighted by Gasteiger charge is 2.36. The third kappa shape index (κ3) is 3.63. The molecule has 0 saturated heterocycles. The monoisotopic (exact) mass is 198 g/mol. The van der Waals surface area contributed by atoms with Crippen molar-refractivity contribution in [1.82, 2.24) is 0 Å². The van der Waals surface area contributed by atoms with Gasteiger partial charge in [0.2, 0.25) is 0 Å². The van der Waals surface area contributed by atoms with Crippen molar-refractivity contribution < 1.29 is 0 Å². The van der Waals surface area contributed by atoms with E-state index in [0.29, 0.717) is 10.8 Å². The molecule has 0 nitrogen and oxygen atoms in total. The first-order chi connectivity index (χ1) is 6.36. The van der Waals surface area contributed by atoms with Gasteiger partial charge in [0.05, 0.1) is 0 Å². The summed E-state index contributed by atoms with van der Waals surface area (Å²) in [5, 5.41) is 0. The first-order valence-electron chi connectivity index (χ1n) is 6.36. The molecular formula is C14H30. The Bertz CT molecular complexity index is 143. The Morgan fingerprint density at radius 3 is 1.43 bits per heavy atom. The number of rotatable bonds is 1. The van der Waals surface area contributed by atoms with Gasteiger partial charge in [0.1, 0.15) is 0 Å². The van der Waals surface area contributed by atoms with E-state index in [2.05, 4.69) is 34.6 Å². The van der Waals surface area contributed by atoms with Gasteiger partial charge in [-0.1, -0.05) is 48.5 Å². The SMILES string of the molecule is CC.CC(C)C1(C)CCC(C)(C)CC1.